The molecule has 0 unspecified atom stereocenters. The van der Waals surface area contributed by atoms with Gasteiger partial charge < -0.3 is 14.4 Å². The first-order valence-electron chi connectivity index (χ1n) is 10.5. The Morgan fingerprint density at radius 2 is 1.66 bits per heavy atom. The molecule has 1 saturated heterocycles. The summed E-state index contributed by atoms with van der Waals surface area (Å²) >= 11 is 0. The highest BCUT2D eigenvalue weighted by Crippen LogP contribution is 2.27. The molecule has 1 fully saturated rings. The second kappa shape index (κ2) is 10.6. The molecule has 0 N–H and O–H groups in total. The summed E-state index contributed by atoms with van der Waals surface area (Å²) in [6, 6.07) is 13.1. The number of rotatable bonds is 7. The van der Waals surface area contributed by atoms with Gasteiger partial charge in [-0.1, -0.05) is 31.0 Å². The van der Waals surface area contributed by atoms with Gasteiger partial charge in [-0.2, -0.15) is 4.31 Å². The first-order valence-corrected chi connectivity index (χ1v) is 12.0. The van der Waals surface area contributed by atoms with Crippen molar-refractivity contribution in [2.45, 2.75) is 30.6 Å². The predicted molar refractivity (Wildman–Crippen MR) is 120 cm³/mol. The molecule has 2 aromatic rings. The van der Waals surface area contributed by atoms with Crippen LogP contribution in [0, 0.1) is 0 Å². The normalized spacial score (nSPS) is 14.9. The highest BCUT2D eigenvalue weighted by molar-refractivity contribution is 7.89. The third-order valence-corrected chi connectivity index (χ3v) is 7.33. The van der Waals surface area contributed by atoms with E-state index in [4.69, 9.17) is 9.47 Å². The van der Waals surface area contributed by atoms with Gasteiger partial charge in [0, 0.05) is 25.8 Å². The number of carbonyl (C=O) groups excluding carboxylic acids is 2. The number of hydrogen-bond donors (Lipinski definition) is 0. The predicted octanol–water partition coefficient (Wildman–Crippen LogP) is 3.08. The molecule has 172 valence electrons. The Hall–Kier alpha value is -2.91. The van der Waals surface area contributed by atoms with Gasteiger partial charge in [-0.05, 0) is 43.2 Å². The van der Waals surface area contributed by atoms with Crippen molar-refractivity contribution in [3.8, 4) is 5.75 Å². The number of carbonyl (C=O) groups is 2. The number of amides is 1. The Bertz CT molecular complexity index is 1050. The lowest BCUT2D eigenvalue weighted by Gasteiger charge is -2.21. The molecular weight excluding hydrogens is 432 g/mol. The van der Waals surface area contributed by atoms with Gasteiger partial charge in [0.25, 0.3) is 5.91 Å². The van der Waals surface area contributed by atoms with Crippen molar-refractivity contribution in [3.63, 3.8) is 0 Å². The Labute approximate surface area is 188 Å². The summed E-state index contributed by atoms with van der Waals surface area (Å²) in [5, 5.41) is 0. The van der Waals surface area contributed by atoms with Crippen molar-refractivity contribution in [1.82, 2.24) is 4.31 Å². The number of likely N-dealkylation sites (N-methyl/N-ethyl adjacent to an activating group) is 1. The number of ether oxygens (including phenoxy) is 2. The number of methoxy groups -OCH3 is 1. The first kappa shape index (κ1) is 23.7. The van der Waals surface area contributed by atoms with Crippen molar-refractivity contribution < 1.29 is 27.5 Å². The van der Waals surface area contributed by atoms with Crippen LogP contribution in [0.5, 0.6) is 5.75 Å². The molecule has 0 bridgehead atoms. The molecule has 8 nitrogen and oxygen atoms in total. The molecule has 0 aliphatic carbocycles. The maximum absolute atomic E-state index is 13.1. The smallest absolute Gasteiger partial charge is 0.342 e. The van der Waals surface area contributed by atoms with E-state index in [0.29, 0.717) is 18.8 Å². The van der Waals surface area contributed by atoms with E-state index in [0.717, 1.165) is 25.7 Å². The van der Waals surface area contributed by atoms with Gasteiger partial charge in [-0.3, -0.25) is 4.79 Å². The van der Waals surface area contributed by atoms with Crippen molar-refractivity contribution in [2.24, 2.45) is 0 Å². The maximum atomic E-state index is 13.1. The fourth-order valence-electron chi connectivity index (χ4n) is 3.54. The number of esters is 1. The van der Waals surface area contributed by atoms with E-state index in [2.05, 4.69) is 0 Å². The molecule has 0 atom stereocenters. The number of benzene rings is 2. The Balaban J connectivity index is 1.76. The van der Waals surface area contributed by atoms with Crippen LogP contribution in [0.3, 0.4) is 0 Å². The minimum absolute atomic E-state index is 0.000111. The SMILES string of the molecule is COc1ccc(S(=O)(=O)N2CCCCCC2)cc1C(=O)OCC(=O)N(C)c1ccccc1. The average Bonchev–Trinajstić information content (AvgIpc) is 3.12. The van der Waals surface area contributed by atoms with Crippen molar-refractivity contribution in [2.75, 3.05) is 38.8 Å². The van der Waals surface area contributed by atoms with Crippen LogP contribution in [-0.4, -0.2) is 58.5 Å². The van der Waals surface area contributed by atoms with Crippen LogP contribution < -0.4 is 9.64 Å². The second-order valence-electron chi connectivity index (χ2n) is 7.54. The topological polar surface area (TPSA) is 93.2 Å². The van der Waals surface area contributed by atoms with Crippen LogP contribution >= 0.6 is 0 Å². The molecule has 9 heteroatoms. The van der Waals surface area contributed by atoms with Crippen molar-refractivity contribution >= 4 is 27.6 Å². The Morgan fingerprint density at radius 3 is 2.28 bits per heavy atom. The minimum Gasteiger partial charge on any atom is -0.496 e. The molecule has 0 saturated carbocycles. The number of nitrogens with zero attached hydrogens (tertiary/aromatic N) is 2. The molecule has 0 radical (unpaired) electrons. The summed E-state index contributed by atoms with van der Waals surface area (Å²) in [6.45, 7) is 0.416. The van der Waals surface area contributed by atoms with Gasteiger partial charge in [-0.15, -0.1) is 0 Å². The molecule has 1 heterocycles. The van der Waals surface area contributed by atoms with Crippen molar-refractivity contribution in [1.29, 1.82) is 0 Å². The number of sulfonamides is 1. The standard InChI is InChI=1S/C23H28N2O6S/c1-24(18-10-6-5-7-11-18)22(26)17-31-23(27)20-16-19(12-13-21(20)30-2)32(28,29)25-14-8-3-4-9-15-25/h5-7,10-13,16H,3-4,8-9,14-15,17H2,1-2H3. The van der Waals surface area contributed by atoms with Gasteiger partial charge in [0.15, 0.2) is 6.61 Å². The van der Waals surface area contributed by atoms with Gasteiger partial charge in [0.05, 0.1) is 12.0 Å². The summed E-state index contributed by atoms with van der Waals surface area (Å²) in [5.41, 5.74) is 0.621. The summed E-state index contributed by atoms with van der Waals surface area (Å²) in [7, 11) is -0.790. The van der Waals surface area contributed by atoms with E-state index < -0.39 is 28.5 Å². The van der Waals surface area contributed by atoms with E-state index in [1.807, 2.05) is 6.07 Å². The molecule has 0 spiro atoms. The maximum Gasteiger partial charge on any atom is 0.342 e. The molecular formula is C23H28N2O6S. The molecule has 1 aliphatic heterocycles. The van der Waals surface area contributed by atoms with E-state index >= 15 is 0 Å². The van der Waals surface area contributed by atoms with Gasteiger partial charge >= 0.3 is 5.97 Å². The highest BCUT2D eigenvalue weighted by Gasteiger charge is 2.27. The summed E-state index contributed by atoms with van der Waals surface area (Å²) in [5.74, 6) is -1.07. The first-order chi connectivity index (χ1) is 15.3. The zero-order valence-corrected chi connectivity index (χ0v) is 19.1. The molecule has 0 aromatic heterocycles. The zero-order chi connectivity index (χ0) is 23.1. The fourth-order valence-corrected chi connectivity index (χ4v) is 5.08. The minimum atomic E-state index is -3.75. The summed E-state index contributed by atoms with van der Waals surface area (Å²) in [4.78, 5) is 26.5. The Morgan fingerprint density at radius 1 is 1.00 bits per heavy atom. The molecule has 1 amide bonds. The van der Waals surface area contributed by atoms with Crippen LogP contribution in [0.25, 0.3) is 0 Å². The van der Waals surface area contributed by atoms with E-state index in [1.54, 1.807) is 31.3 Å². The largest absolute Gasteiger partial charge is 0.496 e. The van der Waals surface area contributed by atoms with Crippen LogP contribution in [0.1, 0.15) is 36.0 Å². The zero-order valence-electron chi connectivity index (χ0n) is 18.3. The number of anilines is 1. The molecule has 2 aromatic carbocycles. The van der Waals surface area contributed by atoms with E-state index in [1.165, 1.54) is 34.5 Å². The number of para-hydroxylation sites is 1. The molecule has 3 rings (SSSR count). The lowest BCUT2D eigenvalue weighted by Crippen LogP contribution is -2.32. The van der Waals surface area contributed by atoms with Gasteiger partial charge in [0.2, 0.25) is 10.0 Å². The highest BCUT2D eigenvalue weighted by atomic mass is 32.2. The Kier molecular flexibility index (Phi) is 7.87. The quantitative estimate of drug-likeness (QED) is 0.590. The van der Waals surface area contributed by atoms with Gasteiger partial charge in [-0.25, -0.2) is 13.2 Å². The van der Waals surface area contributed by atoms with Gasteiger partial charge in [0.1, 0.15) is 11.3 Å². The van der Waals surface area contributed by atoms with E-state index in [9.17, 15) is 18.0 Å². The summed E-state index contributed by atoms with van der Waals surface area (Å²) < 4.78 is 38.1. The van der Waals surface area contributed by atoms with Crippen molar-refractivity contribution in [3.05, 3.63) is 54.1 Å². The van der Waals surface area contributed by atoms with E-state index in [-0.39, 0.29) is 16.2 Å². The third kappa shape index (κ3) is 5.46. The van der Waals surface area contributed by atoms with Crippen LogP contribution in [0.15, 0.2) is 53.4 Å². The molecule has 32 heavy (non-hydrogen) atoms. The number of hydrogen-bond acceptors (Lipinski definition) is 6. The fraction of sp³-hybridized carbons (Fsp3) is 0.391. The second-order valence-corrected chi connectivity index (χ2v) is 9.48. The lowest BCUT2D eigenvalue weighted by atomic mass is 10.2. The van der Waals surface area contributed by atoms with Crippen LogP contribution in [0.4, 0.5) is 5.69 Å². The van der Waals surface area contributed by atoms with Crippen LogP contribution in [0.2, 0.25) is 0 Å². The summed E-state index contributed by atoms with van der Waals surface area (Å²) in [6.07, 6.45) is 3.61. The monoisotopic (exact) mass is 460 g/mol. The lowest BCUT2D eigenvalue weighted by molar-refractivity contribution is -0.121. The molecule has 1 aliphatic rings. The van der Waals surface area contributed by atoms with Crippen LogP contribution in [-0.2, 0) is 19.6 Å². The average molecular weight is 461 g/mol. The third-order valence-electron chi connectivity index (χ3n) is 5.44.